The Morgan fingerprint density at radius 3 is 2.61 bits per heavy atom. The van der Waals surface area contributed by atoms with Crippen molar-refractivity contribution in [2.24, 2.45) is 46.8 Å². The van der Waals surface area contributed by atoms with Gasteiger partial charge in [0, 0.05) is 0 Å². The van der Waals surface area contributed by atoms with E-state index < -0.39 is 24.6 Å². The van der Waals surface area contributed by atoms with Crippen LogP contribution < -0.4 is 0 Å². The van der Waals surface area contributed by atoms with E-state index in [0.717, 1.165) is 43.5 Å². The normalized spacial score (nSPS) is 49.1. The van der Waals surface area contributed by atoms with Gasteiger partial charge in [-0.3, -0.25) is 4.79 Å². The van der Waals surface area contributed by atoms with Gasteiger partial charge >= 0.3 is 0 Å². The van der Waals surface area contributed by atoms with Gasteiger partial charge in [0.2, 0.25) is 0 Å². The Bertz CT molecular complexity index is 909. The van der Waals surface area contributed by atoms with Crippen molar-refractivity contribution in [1.29, 1.82) is 0 Å². The average molecular weight is 503 g/mol. The molecule has 202 valence electrons. The van der Waals surface area contributed by atoms with E-state index in [0.29, 0.717) is 35.0 Å². The number of carbonyl (C=O) groups is 1. The van der Waals surface area contributed by atoms with E-state index in [-0.39, 0.29) is 18.6 Å². The van der Waals surface area contributed by atoms with Crippen LogP contribution in [0.5, 0.6) is 0 Å². The number of hydrogen-bond donors (Lipinski definition) is 3. The summed E-state index contributed by atoms with van der Waals surface area (Å²) >= 11 is 0. The number of aldehydes is 1. The Hall–Kier alpha value is -1.05. The topological polar surface area (TPSA) is 96.2 Å². The zero-order valence-corrected chi connectivity index (χ0v) is 22.6. The molecule has 0 aromatic rings. The van der Waals surface area contributed by atoms with Gasteiger partial charge < -0.3 is 24.8 Å². The fourth-order valence-electron chi connectivity index (χ4n) is 8.79. The van der Waals surface area contributed by atoms with Gasteiger partial charge in [0.25, 0.3) is 0 Å². The lowest BCUT2D eigenvalue weighted by molar-refractivity contribution is -0.285. The molecule has 0 bridgehead atoms. The number of ether oxygens (including phenoxy) is 2. The highest BCUT2D eigenvalue weighted by atomic mass is 16.7. The fourth-order valence-corrected chi connectivity index (χ4v) is 8.79. The van der Waals surface area contributed by atoms with E-state index in [9.17, 15) is 20.1 Å². The van der Waals surface area contributed by atoms with Crippen molar-refractivity contribution in [2.45, 2.75) is 104 Å². The van der Waals surface area contributed by atoms with Crippen LogP contribution in [0.1, 0.15) is 73.1 Å². The van der Waals surface area contributed by atoms with Gasteiger partial charge in [0.1, 0.15) is 24.6 Å². The molecule has 6 heteroatoms. The van der Waals surface area contributed by atoms with Gasteiger partial charge in [0.05, 0.1) is 12.7 Å². The van der Waals surface area contributed by atoms with E-state index in [1.807, 2.05) is 0 Å². The first kappa shape index (κ1) is 26.6. The van der Waals surface area contributed by atoms with Gasteiger partial charge in [-0.25, -0.2) is 0 Å². The van der Waals surface area contributed by atoms with Crippen LogP contribution in [-0.4, -0.2) is 58.9 Å². The fraction of sp³-hybridized carbons (Fsp3) is 0.833. The molecule has 5 rings (SSSR count). The second-order valence-electron chi connectivity index (χ2n) is 13.2. The minimum absolute atomic E-state index is 0.0541. The molecule has 1 aliphatic heterocycles. The van der Waals surface area contributed by atoms with Gasteiger partial charge in [-0.15, -0.1) is 0 Å². The smallest absolute Gasteiger partial charge is 0.186 e. The number of aliphatic hydroxyl groups excluding tert-OH is 3. The molecule has 4 fully saturated rings. The molecule has 0 amide bonds. The van der Waals surface area contributed by atoms with Crippen molar-refractivity contribution < 1.29 is 29.6 Å². The number of carbonyl (C=O) groups excluding carboxylic acids is 1. The van der Waals surface area contributed by atoms with Crippen LogP contribution in [0, 0.1) is 46.8 Å². The maximum atomic E-state index is 12.4. The number of rotatable bonds is 4. The number of allylic oxidation sites excluding steroid dienone is 3. The SMILES string of the molecule is CC1=C2C[C@H](O[C@@H]3OC[C@H](O)[C@H](O)[C@@H]3O)[C@@H](C)[C@@H]2CC=C(C=O)[C@H]2C[C@]3(C)CC[C@@H](C(C)C)[C@@H]3C[C@H]12. The lowest BCUT2D eigenvalue weighted by Crippen LogP contribution is -2.54. The summed E-state index contributed by atoms with van der Waals surface area (Å²) in [5.41, 5.74) is 4.21. The first-order chi connectivity index (χ1) is 17.1. The van der Waals surface area contributed by atoms with E-state index in [4.69, 9.17) is 9.47 Å². The van der Waals surface area contributed by atoms with Crippen molar-refractivity contribution in [2.75, 3.05) is 6.61 Å². The lowest BCUT2D eigenvalue weighted by atomic mass is 9.55. The largest absolute Gasteiger partial charge is 0.388 e. The third kappa shape index (κ3) is 4.35. The van der Waals surface area contributed by atoms with E-state index in [1.165, 1.54) is 24.0 Å². The Morgan fingerprint density at radius 1 is 1.17 bits per heavy atom. The first-order valence-electron chi connectivity index (χ1n) is 14.2. The minimum atomic E-state index is -1.28. The maximum Gasteiger partial charge on any atom is 0.186 e. The van der Waals surface area contributed by atoms with Crippen LogP contribution in [0.15, 0.2) is 22.8 Å². The molecule has 0 unspecified atom stereocenters. The highest BCUT2D eigenvalue weighted by Gasteiger charge is 2.54. The Labute approximate surface area is 216 Å². The molecule has 5 aliphatic rings. The minimum Gasteiger partial charge on any atom is -0.388 e. The summed E-state index contributed by atoms with van der Waals surface area (Å²) in [4.78, 5) is 12.4. The molecule has 3 N–H and O–H groups in total. The zero-order chi connectivity index (χ0) is 25.9. The van der Waals surface area contributed by atoms with E-state index in [1.54, 1.807) is 0 Å². The number of aliphatic hydroxyl groups is 3. The molecule has 12 atom stereocenters. The van der Waals surface area contributed by atoms with Crippen LogP contribution in [0.25, 0.3) is 0 Å². The second kappa shape index (κ2) is 9.92. The van der Waals surface area contributed by atoms with Crippen molar-refractivity contribution in [3.63, 3.8) is 0 Å². The van der Waals surface area contributed by atoms with E-state index in [2.05, 4.69) is 40.7 Å². The standard InChI is InChI=1S/C30H46O6/c1-15(2)19-8-9-30(5)12-23-18(13-31)6-7-20-17(4)26(11-22(20)16(3)21(23)10-24(19)30)36-29-28(34)27(33)25(32)14-35-29/h6,13,15,17,19-21,23-29,32-34H,7-12,14H2,1-5H3/t17-,19-,20-,21+,23+,24-,25-,26-,27-,28-,29-,30-/m0/s1. The average Bonchev–Trinajstić information content (AvgIpc) is 3.34. The molecule has 0 aromatic carbocycles. The summed E-state index contributed by atoms with van der Waals surface area (Å²) in [6, 6.07) is 0. The quantitative estimate of drug-likeness (QED) is 0.397. The van der Waals surface area contributed by atoms with Crippen molar-refractivity contribution >= 4 is 6.29 Å². The summed E-state index contributed by atoms with van der Waals surface area (Å²) in [6.07, 6.45) is 5.03. The Balaban J connectivity index is 1.43. The third-order valence-electron chi connectivity index (χ3n) is 11.1. The van der Waals surface area contributed by atoms with Crippen LogP contribution in [0.4, 0.5) is 0 Å². The van der Waals surface area contributed by atoms with Crippen molar-refractivity contribution in [1.82, 2.24) is 0 Å². The number of hydrogen-bond acceptors (Lipinski definition) is 6. The molecule has 3 saturated carbocycles. The van der Waals surface area contributed by atoms with Crippen LogP contribution >= 0.6 is 0 Å². The molecular weight excluding hydrogens is 456 g/mol. The molecule has 0 radical (unpaired) electrons. The monoisotopic (exact) mass is 502 g/mol. The predicted octanol–water partition coefficient (Wildman–Crippen LogP) is 4.03. The van der Waals surface area contributed by atoms with Gasteiger partial charge in [-0.1, -0.05) is 44.9 Å². The van der Waals surface area contributed by atoms with Crippen LogP contribution in [0.3, 0.4) is 0 Å². The van der Waals surface area contributed by atoms with Gasteiger partial charge in [-0.2, -0.15) is 0 Å². The first-order valence-corrected chi connectivity index (χ1v) is 14.2. The van der Waals surface area contributed by atoms with Crippen molar-refractivity contribution in [3.05, 3.63) is 22.8 Å². The van der Waals surface area contributed by atoms with Gasteiger partial charge in [0.15, 0.2) is 6.29 Å². The molecule has 1 heterocycles. The zero-order valence-electron chi connectivity index (χ0n) is 22.6. The number of fused-ring (bicyclic) bond motifs is 3. The third-order valence-corrected chi connectivity index (χ3v) is 11.1. The molecule has 36 heavy (non-hydrogen) atoms. The van der Waals surface area contributed by atoms with E-state index >= 15 is 0 Å². The summed E-state index contributed by atoms with van der Waals surface area (Å²) in [7, 11) is 0. The molecule has 1 saturated heterocycles. The molecular formula is C30H46O6. The van der Waals surface area contributed by atoms with Gasteiger partial charge in [-0.05, 0) is 97.9 Å². The molecule has 4 aliphatic carbocycles. The Kier molecular flexibility index (Phi) is 7.32. The summed E-state index contributed by atoms with van der Waals surface area (Å²) in [5, 5.41) is 30.4. The maximum absolute atomic E-state index is 12.4. The van der Waals surface area contributed by atoms with Crippen LogP contribution in [0.2, 0.25) is 0 Å². The molecule has 0 spiro atoms. The van der Waals surface area contributed by atoms with Crippen LogP contribution in [-0.2, 0) is 14.3 Å². The highest BCUT2D eigenvalue weighted by molar-refractivity contribution is 5.74. The molecule has 6 nitrogen and oxygen atoms in total. The second-order valence-corrected chi connectivity index (χ2v) is 13.2. The summed E-state index contributed by atoms with van der Waals surface area (Å²) in [5.74, 6) is 3.30. The summed E-state index contributed by atoms with van der Waals surface area (Å²) < 4.78 is 11.8. The summed E-state index contributed by atoms with van der Waals surface area (Å²) in [6.45, 7) is 11.7. The highest BCUT2D eigenvalue weighted by Crippen LogP contribution is 2.62. The lowest BCUT2D eigenvalue weighted by Gasteiger charge is -2.49. The predicted molar refractivity (Wildman–Crippen MR) is 137 cm³/mol. The van der Waals surface area contributed by atoms with Crippen molar-refractivity contribution in [3.8, 4) is 0 Å². The Morgan fingerprint density at radius 2 is 1.92 bits per heavy atom. The molecule has 0 aromatic heterocycles.